The summed E-state index contributed by atoms with van der Waals surface area (Å²) in [4.78, 5) is 50.3. The van der Waals surface area contributed by atoms with Gasteiger partial charge in [-0.2, -0.15) is 0 Å². The summed E-state index contributed by atoms with van der Waals surface area (Å²) in [5.74, 6) is -3.95. The molecule has 0 bridgehead atoms. The molecule has 0 radical (unpaired) electrons. The Morgan fingerprint density at radius 1 is 0.806 bits per heavy atom. The highest BCUT2D eigenvalue weighted by Gasteiger charge is 2.35. The third kappa shape index (κ3) is 9.12. The second-order valence-corrected chi connectivity index (χ2v) is 9.29. The van der Waals surface area contributed by atoms with E-state index in [4.69, 9.17) is 5.73 Å². The average molecular weight is 509 g/mol. The fourth-order valence-electron chi connectivity index (χ4n) is 3.52. The van der Waals surface area contributed by atoms with Gasteiger partial charge in [0.15, 0.2) is 0 Å². The van der Waals surface area contributed by atoms with Gasteiger partial charge in [-0.05, 0) is 42.9 Å². The predicted octanol–water partition coefficient (Wildman–Crippen LogP) is 0.274. The van der Waals surface area contributed by atoms with Crippen molar-refractivity contribution in [3.63, 3.8) is 0 Å². The quantitative estimate of drug-likeness (QED) is 0.186. The summed E-state index contributed by atoms with van der Waals surface area (Å²) in [5, 5.41) is 36.6. The van der Waals surface area contributed by atoms with E-state index in [1.165, 1.54) is 19.1 Å². The maximum Gasteiger partial charge on any atom is 0.326 e. The van der Waals surface area contributed by atoms with Crippen LogP contribution >= 0.6 is 0 Å². The van der Waals surface area contributed by atoms with Crippen LogP contribution in [0, 0.1) is 11.8 Å². The molecule has 0 heterocycles. The van der Waals surface area contributed by atoms with Crippen molar-refractivity contribution in [3.8, 4) is 5.75 Å². The molecule has 0 saturated carbocycles. The normalized spacial score (nSPS) is 17.0. The van der Waals surface area contributed by atoms with Crippen LogP contribution in [0.4, 0.5) is 0 Å². The van der Waals surface area contributed by atoms with E-state index in [0.29, 0.717) is 18.4 Å². The van der Waals surface area contributed by atoms with Crippen molar-refractivity contribution in [2.24, 2.45) is 17.6 Å². The van der Waals surface area contributed by atoms with Gasteiger partial charge in [0.05, 0.1) is 12.1 Å². The van der Waals surface area contributed by atoms with Crippen LogP contribution in [0.25, 0.3) is 0 Å². The second kappa shape index (κ2) is 14.4. The van der Waals surface area contributed by atoms with Crippen molar-refractivity contribution in [3.05, 3.63) is 29.8 Å². The first-order valence-electron chi connectivity index (χ1n) is 12.2. The molecule has 1 rings (SSSR count). The number of hydrogen-bond acceptors (Lipinski definition) is 7. The summed E-state index contributed by atoms with van der Waals surface area (Å²) >= 11 is 0. The van der Waals surface area contributed by atoms with Gasteiger partial charge in [0.25, 0.3) is 0 Å². The zero-order valence-electron chi connectivity index (χ0n) is 21.5. The Kier molecular flexibility index (Phi) is 12.3. The summed E-state index contributed by atoms with van der Waals surface area (Å²) in [6.07, 6.45) is -0.146. The number of aliphatic carboxylic acids is 1. The Hall–Kier alpha value is -3.18. The largest absolute Gasteiger partial charge is 0.508 e. The number of carboxylic acids is 1. The van der Waals surface area contributed by atoms with Crippen LogP contribution in [0.5, 0.6) is 5.75 Å². The number of carboxylic acid groups (broad SMARTS) is 1. The molecule has 0 aliphatic rings. The lowest BCUT2D eigenvalue weighted by Gasteiger charge is -2.29. The van der Waals surface area contributed by atoms with Crippen molar-refractivity contribution in [1.29, 1.82) is 0 Å². The first kappa shape index (κ1) is 30.9. The highest BCUT2D eigenvalue weighted by atomic mass is 16.4. The Morgan fingerprint density at radius 2 is 1.25 bits per heavy atom. The van der Waals surface area contributed by atoms with E-state index in [1.807, 2.05) is 13.8 Å². The monoisotopic (exact) mass is 508 g/mol. The molecule has 0 aromatic heterocycles. The molecule has 0 aliphatic heterocycles. The van der Waals surface area contributed by atoms with Crippen LogP contribution in [0.3, 0.4) is 0 Å². The topological polar surface area (TPSA) is 191 Å². The number of benzene rings is 1. The minimum atomic E-state index is -1.40. The molecular weight excluding hydrogens is 468 g/mol. The number of amides is 3. The molecule has 202 valence electrons. The molecular formula is C25H40N4O7. The minimum Gasteiger partial charge on any atom is -0.508 e. The second-order valence-electron chi connectivity index (χ2n) is 9.29. The average Bonchev–Trinajstić information content (AvgIpc) is 2.83. The fourth-order valence-corrected chi connectivity index (χ4v) is 3.52. The highest BCUT2D eigenvalue weighted by molar-refractivity contribution is 5.94. The number of nitrogens with one attached hydrogen (secondary N) is 3. The molecule has 0 spiro atoms. The van der Waals surface area contributed by atoms with Gasteiger partial charge in [0.1, 0.15) is 23.9 Å². The van der Waals surface area contributed by atoms with Crippen molar-refractivity contribution >= 4 is 23.7 Å². The van der Waals surface area contributed by atoms with E-state index in [-0.39, 0.29) is 24.0 Å². The number of aliphatic hydroxyl groups is 1. The van der Waals surface area contributed by atoms with E-state index in [0.717, 1.165) is 0 Å². The number of aliphatic hydroxyl groups excluding tert-OH is 1. The van der Waals surface area contributed by atoms with Crippen LogP contribution in [0.15, 0.2) is 24.3 Å². The Balaban J connectivity index is 2.97. The Morgan fingerprint density at radius 3 is 1.72 bits per heavy atom. The van der Waals surface area contributed by atoms with E-state index in [2.05, 4.69) is 16.0 Å². The maximum absolute atomic E-state index is 13.0. The molecule has 7 atom stereocenters. The summed E-state index contributed by atoms with van der Waals surface area (Å²) in [6, 6.07) is 1.50. The van der Waals surface area contributed by atoms with Crippen molar-refractivity contribution in [2.75, 3.05) is 0 Å². The predicted molar refractivity (Wildman–Crippen MR) is 134 cm³/mol. The van der Waals surface area contributed by atoms with Crippen LogP contribution in [-0.2, 0) is 25.6 Å². The number of hydrogen-bond donors (Lipinski definition) is 7. The van der Waals surface area contributed by atoms with Gasteiger partial charge < -0.3 is 37.0 Å². The minimum absolute atomic E-state index is 0.0707. The Bertz CT molecular complexity index is 891. The highest BCUT2D eigenvalue weighted by Crippen LogP contribution is 2.13. The molecule has 1 aromatic rings. The summed E-state index contributed by atoms with van der Waals surface area (Å²) < 4.78 is 0. The molecule has 7 unspecified atom stereocenters. The zero-order chi connectivity index (χ0) is 27.6. The number of carbonyl (C=O) groups excluding carboxylic acids is 3. The van der Waals surface area contributed by atoms with Gasteiger partial charge in [0.2, 0.25) is 17.7 Å². The first-order chi connectivity index (χ1) is 16.8. The summed E-state index contributed by atoms with van der Waals surface area (Å²) in [5.41, 5.74) is 6.66. The smallest absolute Gasteiger partial charge is 0.326 e. The van der Waals surface area contributed by atoms with Crippen LogP contribution in [-0.4, -0.2) is 69.3 Å². The van der Waals surface area contributed by atoms with Gasteiger partial charge >= 0.3 is 5.97 Å². The maximum atomic E-state index is 13.0. The van der Waals surface area contributed by atoms with Crippen LogP contribution in [0.1, 0.15) is 53.0 Å². The molecule has 0 saturated heterocycles. The third-order valence-corrected chi connectivity index (χ3v) is 6.36. The molecule has 0 fully saturated rings. The fraction of sp³-hybridized carbons (Fsp3) is 0.600. The van der Waals surface area contributed by atoms with Crippen molar-refractivity contribution < 1.29 is 34.5 Å². The molecule has 0 aliphatic carbocycles. The third-order valence-electron chi connectivity index (χ3n) is 6.36. The van der Waals surface area contributed by atoms with Gasteiger partial charge in [-0.15, -0.1) is 0 Å². The number of phenolic OH excluding ortho intramolecular Hbond substituents is 1. The number of carbonyl (C=O) groups is 4. The van der Waals surface area contributed by atoms with Gasteiger partial charge in [-0.1, -0.05) is 52.7 Å². The lowest BCUT2D eigenvalue weighted by Crippen LogP contribution is -2.61. The number of phenols is 1. The number of rotatable bonds is 14. The van der Waals surface area contributed by atoms with E-state index < -0.39 is 54.0 Å². The Labute approximate surface area is 211 Å². The first-order valence-corrected chi connectivity index (χ1v) is 12.2. The summed E-state index contributed by atoms with van der Waals surface area (Å²) in [7, 11) is 0. The van der Waals surface area contributed by atoms with Crippen LogP contribution < -0.4 is 21.7 Å². The number of aromatic hydroxyl groups is 1. The lowest BCUT2D eigenvalue weighted by molar-refractivity contribution is -0.144. The van der Waals surface area contributed by atoms with Gasteiger partial charge in [0, 0.05) is 0 Å². The zero-order valence-corrected chi connectivity index (χ0v) is 21.5. The molecule has 8 N–H and O–H groups in total. The standard InChI is InChI=1S/C25H40N4O7/c1-6-13(3)19(23(33)28-20(25(35)36)14(4)7-2)27-24(34)21(15(5)30)29-22(32)18(26)12-16-8-10-17(31)11-9-16/h8-11,13-15,18-21,30-31H,6-7,12,26H2,1-5H3,(H,27,34)(H,28,33)(H,29,32)(H,35,36). The molecule has 1 aromatic carbocycles. The molecule has 36 heavy (non-hydrogen) atoms. The lowest BCUT2D eigenvalue weighted by atomic mass is 9.95. The summed E-state index contributed by atoms with van der Waals surface area (Å²) in [6.45, 7) is 8.38. The molecule has 11 nitrogen and oxygen atoms in total. The van der Waals surface area contributed by atoms with E-state index in [9.17, 15) is 34.5 Å². The van der Waals surface area contributed by atoms with Gasteiger partial charge in [-0.25, -0.2) is 4.79 Å². The number of nitrogens with two attached hydrogens (primary N) is 1. The van der Waals surface area contributed by atoms with Crippen molar-refractivity contribution in [2.45, 2.75) is 84.2 Å². The molecule has 3 amide bonds. The van der Waals surface area contributed by atoms with Crippen molar-refractivity contribution in [1.82, 2.24) is 16.0 Å². The SMILES string of the molecule is CCC(C)C(NC(=O)C(NC(=O)C(NC(=O)C(N)Cc1ccc(O)cc1)C(C)O)C(C)CC)C(=O)O. The van der Waals surface area contributed by atoms with E-state index >= 15 is 0 Å². The van der Waals surface area contributed by atoms with Gasteiger partial charge in [-0.3, -0.25) is 14.4 Å². The molecule has 11 heteroatoms. The van der Waals surface area contributed by atoms with Crippen LogP contribution in [0.2, 0.25) is 0 Å². The van der Waals surface area contributed by atoms with E-state index in [1.54, 1.807) is 26.0 Å².